The average Bonchev–Trinajstić information content (AvgIpc) is 2.73. The zero-order valence-corrected chi connectivity index (χ0v) is 18.5. The van der Waals surface area contributed by atoms with Crippen molar-refractivity contribution in [2.75, 3.05) is 0 Å². The van der Waals surface area contributed by atoms with Crippen molar-refractivity contribution >= 4 is 57.3 Å². The summed E-state index contributed by atoms with van der Waals surface area (Å²) in [6.07, 6.45) is 0.341. The summed E-state index contributed by atoms with van der Waals surface area (Å²) in [6.45, 7) is 0.235. The normalized spacial score (nSPS) is 11.1. The third-order valence-electron chi connectivity index (χ3n) is 4.70. The lowest BCUT2D eigenvalue weighted by Crippen LogP contribution is -2.16. The maximum absolute atomic E-state index is 12.9. The highest BCUT2D eigenvalue weighted by Gasteiger charge is 2.16. The van der Waals surface area contributed by atoms with Crippen molar-refractivity contribution in [1.29, 1.82) is 0 Å². The molecule has 0 unspecified atom stereocenters. The van der Waals surface area contributed by atoms with E-state index in [0.29, 0.717) is 43.3 Å². The molecule has 0 atom stereocenters. The molecule has 1 N–H and O–H groups in total. The lowest BCUT2D eigenvalue weighted by molar-refractivity contribution is 0.306. The standard InChI is InChI=1S/C23H15Cl4NO2/c24-17-7-5-13(10-19(17)26)9-16-22(15-3-1-2-4-21(15)28-23(16)29)30-12-14-6-8-18(25)20(27)11-14/h1-8,10-11H,9,12H2,(H,28,29). The highest BCUT2D eigenvalue weighted by Crippen LogP contribution is 2.31. The number of para-hydroxylation sites is 1. The largest absolute Gasteiger partial charge is 0.488 e. The maximum Gasteiger partial charge on any atom is 0.255 e. The predicted molar refractivity (Wildman–Crippen MR) is 125 cm³/mol. The molecule has 0 aliphatic rings. The Morgan fingerprint density at radius 1 is 0.767 bits per heavy atom. The van der Waals surface area contributed by atoms with Crippen molar-refractivity contribution in [1.82, 2.24) is 4.98 Å². The first-order valence-electron chi connectivity index (χ1n) is 9.07. The van der Waals surface area contributed by atoms with Gasteiger partial charge in [-0.05, 0) is 47.5 Å². The highest BCUT2D eigenvalue weighted by atomic mass is 35.5. The molecule has 3 aromatic carbocycles. The molecular formula is C23H15Cl4NO2. The number of rotatable bonds is 5. The zero-order chi connectivity index (χ0) is 21.3. The van der Waals surface area contributed by atoms with Crippen molar-refractivity contribution in [2.24, 2.45) is 0 Å². The second-order valence-corrected chi connectivity index (χ2v) is 8.40. The van der Waals surface area contributed by atoms with E-state index in [4.69, 9.17) is 51.1 Å². The Balaban J connectivity index is 1.76. The Hall–Kier alpha value is -2.17. The van der Waals surface area contributed by atoms with E-state index in [9.17, 15) is 4.79 Å². The molecule has 0 saturated carbocycles. The van der Waals surface area contributed by atoms with Gasteiger partial charge in [0.2, 0.25) is 0 Å². The third-order valence-corrected chi connectivity index (χ3v) is 6.18. The molecule has 0 bridgehead atoms. The van der Waals surface area contributed by atoms with Crippen molar-refractivity contribution in [3.05, 3.63) is 108 Å². The number of halogens is 4. The summed E-state index contributed by atoms with van der Waals surface area (Å²) in [5.74, 6) is 0.520. The van der Waals surface area contributed by atoms with Gasteiger partial charge >= 0.3 is 0 Å². The van der Waals surface area contributed by atoms with Gasteiger partial charge < -0.3 is 9.72 Å². The monoisotopic (exact) mass is 477 g/mol. The first kappa shape index (κ1) is 21.1. The van der Waals surface area contributed by atoms with Gasteiger partial charge in [-0.25, -0.2) is 0 Å². The summed E-state index contributed by atoms with van der Waals surface area (Å²) in [6, 6.07) is 18.1. The molecule has 0 radical (unpaired) electrons. The van der Waals surface area contributed by atoms with Crippen molar-refractivity contribution in [2.45, 2.75) is 13.0 Å². The molecule has 0 fully saturated rings. The van der Waals surface area contributed by atoms with Crippen LogP contribution in [0.15, 0.2) is 65.5 Å². The van der Waals surface area contributed by atoms with E-state index in [2.05, 4.69) is 4.98 Å². The van der Waals surface area contributed by atoms with Crippen LogP contribution in [0.25, 0.3) is 10.9 Å². The van der Waals surface area contributed by atoms with Crippen molar-refractivity contribution < 1.29 is 4.74 Å². The number of pyridine rings is 1. The highest BCUT2D eigenvalue weighted by molar-refractivity contribution is 6.42. The van der Waals surface area contributed by atoms with E-state index in [0.717, 1.165) is 16.5 Å². The molecule has 3 nitrogen and oxygen atoms in total. The van der Waals surface area contributed by atoms with E-state index in [1.165, 1.54) is 0 Å². The van der Waals surface area contributed by atoms with E-state index >= 15 is 0 Å². The minimum absolute atomic E-state index is 0.219. The fourth-order valence-electron chi connectivity index (χ4n) is 3.22. The molecule has 1 aromatic heterocycles. The predicted octanol–water partition coefficient (Wildman–Crippen LogP) is 7.31. The quantitative estimate of drug-likeness (QED) is 0.326. The first-order valence-corrected chi connectivity index (χ1v) is 10.6. The number of nitrogens with one attached hydrogen (secondary N) is 1. The minimum Gasteiger partial charge on any atom is -0.488 e. The van der Waals surface area contributed by atoms with Crippen LogP contribution in [0.4, 0.5) is 0 Å². The molecule has 0 spiro atoms. The van der Waals surface area contributed by atoms with E-state index in [1.807, 2.05) is 36.4 Å². The number of fused-ring (bicyclic) bond motifs is 1. The fraction of sp³-hybridized carbons (Fsp3) is 0.0870. The molecule has 0 amide bonds. The summed E-state index contributed by atoms with van der Waals surface area (Å²) in [5.41, 5.74) is 2.68. The number of hydrogen-bond acceptors (Lipinski definition) is 2. The lowest BCUT2D eigenvalue weighted by Gasteiger charge is -2.15. The number of H-pyrrole nitrogens is 1. The minimum atomic E-state index is -0.219. The molecule has 152 valence electrons. The molecule has 0 saturated heterocycles. The van der Waals surface area contributed by atoms with Crippen LogP contribution in [0.2, 0.25) is 20.1 Å². The zero-order valence-electron chi connectivity index (χ0n) is 15.5. The van der Waals surface area contributed by atoms with Crippen LogP contribution in [-0.4, -0.2) is 4.98 Å². The first-order chi connectivity index (χ1) is 14.4. The van der Waals surface area contributed by atoms with Gasteiger partial charge in [0.15, 0.2) is 0 Å². The van der Waals surface area contributed by atoms with Crippen molar-refractivity contribution in [3.63, 3.8) is 0 Å². The number of aromatic nitrogens is 1. The maximum atomic E-state index is 12.9. The van der Waals surface area contributed by atoms with E-state index in [-0.39, 0.29) is 12.2 Å². The van der Waals surface area contributed by atoms with Crippen LogP contribution in [0.5, 0.6) is 5.75 Å². The van der Waals surface area contributed by atoms with Gasteiger partial charge in [-0.15, -0.1) is 0 Å². The van der Waals surface area contributed by atoms with Gasteiger partial charge in [-0.3, -0.25) is 4.79 Å². The fourth-order valence-corrected chi connectivity index (χ4v) is 3.86. The van der Waals surface area contributed by atoms with Gasteiger partial charge in [-0.1, -0.05) is 70.7 Å². The summed E-state index contributed by atoms with van der Waals surface area (Å²) >= 11 is 24.3. The molecule has 4 rings (SSSR count). The molecular weight excluding hydrogens is 464 g/mol. The number of ether oxygens (including phenoxy) is 1. The van der Waals surface area contributed by atoms with Crippen LogP contribution >= 0.6 is 46.4 Å². The summed E-state index contributed by atoms with van der Waals surface area (Å²) in [4.78, 5) is 15.8. The summed E-state index contributed by atoms with van der Waals surface area (Å²) < 4.78 is 6.16. The Labute approximate surface area is 193 Å². The Bertz CT molecular complexity index is 1300. The number of aromatic amines is 1. The topological polar surface area (TPSA) is 42.1 Å². The molecule has 0 aliphatic heterocycles. The van der Waals surface area contributed by atoms with Gasteiger partial charge in [0.05, 0.1) is 31.2 Å². The van der Waals surface area contributed by atoms with Crippen molar-refractivity contribution in [3.8, 4) is 5.75 Å². The molecule has 1 heterocycles. The van der Waals surface area contributed by atoms with Gasteiger partial charge in [0.25, 0.3) is 5.56 Å². The Morgan fingerprint density at radius 2 is 1.40 bits per heavy atom. The second-order valence-electron chi connectivity index (χ2n) is 6.77. The lowest BCUT2D eigenvalue weighted by atomic mass is 10.0. The number of hydrogen-bond donors (Lipinski definition) is 1. The molecule has 7 heteroatoms. The van der Waals surface area contributed by atoms with Gasteiger partial charge in [-0.2, -0.15) is 0 Å². The number of benzene rings is 3. The van der Waals surface area contributed by atoms with E-state index < -0.39 is 0 Å². The average molecular weight is 479 g/mol. The van der Waals surface area contributed by atoms with Crippen LogP contribution in [0.1, 0.15) is 16.7 Å². The summed E-state index contributed by atoms with van der Waals surface area (Å²) in [7, 11) is 0. The van der Waals surface area contributed by atoms with Gasteiger partial charge in [0, 0.05) is 11.8 Å². The Morgan fingerprint density at radius 3 is 2.10 bits per heavy atom. The third kappa shape index (κ3) is 4.45. The van der Waals surface area contributed by atoms with Gasteiger partial charge in [0.1, 0.15) is 12.4 Å². The smallest absolute Gasteiger partial charge is 0.255 e. The molecule has 0 aliphatic carbocycles. The summed E-state index contributed by atoms with van der Waals surface area (Å²) in [5, 5.41) is 2.63. The van der Waals surface area contributed by atoms with Crippen LogP contribution in [-0.2, 0) is 13.0 Å². The van der Waals surface area contributed by atoms with Crippen LogP contribution in [0.3, 0.4) is 0 Å². The van der Waals surface area contributed by atoms with Crippen LogP contribution < -0.4 is 10.3 Å². The molecule has 4 aromatic rings. The van der Waals surface area contributed by atoms with E-state index in [1.54, 1.807) is 24.3 Å². The Kier molecular flexibility index (Phi) is 6.26. The second kappa shape index (κ2) is 8.91. The van der Waals surface area contributed by atoms with Crippen LogP contribution in [0, 0.1) is 0 Å². The molecule has 30 heavy (non-hydrogen) atoms. The SMILES string of the molecule is O=c1[nH]c2ccccc2c(OCc2ccc(Cl)c(Cl)c2)c1Cc1ccc(Cl)c(Cl)c1.